The third-order valence-corrected chi connectivity index (χ3v) is 16.7. The minimum atomic E-state index is -0.411. The predicted octanol–water partition coefficient (Wildman–Crippen LogP) is 13.0. The van der Waals surface area contributed by atoms with Crippen molar-refractivity contribution >= 4 is 27.3 Å². The van der Waals surface area contributed by atoms with Crippen molar-refractivity contribution < 1.29 is 8.97 Å². The van der Waals surface area contributed by atoms with Gasteiger partial charge in [0.05, 0.1) is 11.6 Å². The molecule has 308 valence electrons. The summed E-state index contributed by atoms with van der Waals surface area (Å²) in [7, 11) is 0. The maximum Gasteiger partial charge on any atom is 0.346 e. The molecule has 2 atom stereocenters. The number of hydrogen-bond donors (Lipinski definition) is 0. The summed E-state index contributed by atoms with van der Waals surface area (Å²) in [5.74, 6) is 0.130. The van der Waals surface area contributed by atoms with Crippen molar-refractivity contribution in [1.82, 2.24) is 4.57 Å². The van der Waals surface area contributed by atoms with E-state index in [1.54, 1.807) is 0 Å². The van der Waals surface area contributed by atoms with E-state index >= 15 is 4.79 Å². The molecule has 4 heterocycles. The molecule has 0 bridgehead atoms. The zero-order valence-corrected chi connectivity index (χ0v) is 37.9. The number of aryl methyl sites for hydroxylation is 3. The number of pyridine rings is 2. The van der Waals surface area contributed by atoms with Crippen LogP contribution in [0.25, 0.3) is 49.7 Å². The first-order chi connectivity index (χ1) is 28.8. The lowest BCUT2D eigenvalue weighted by Crippen LogP contribution is -2.52. The Labute approximate surface area is 357 Å². The number of nitrogens with zero attached hydrogens (tertiary/aromatic N) is 3. The van der Waals surface area contributed by atoms with E-state index in [-0.39, 0.29) is 27.7 Å². The molecule has 9 rings (SSSR count). The van der Waals surface area contributed by atoms with Gasteiger partial charge in [0, 0.05) is 30.0 Å². The minimum absolute atomic E-state index is 0.0524. The summed E-state index contributed by atoms with van der Waals surface area (Å²) in [4.78, 5) is 15.8. The van der Waals surface area contributed by atoms with E-state index in [1.165, 1.54) is 86.7 Å². The van der Waals surface area contributed by atoms with Gasteiger partial charge in [-0.1, -0.05) is 135 Å². The quantitative estimate of drug-likeness (QED) is 0.0728. The molecule has 4 nitrogen and oxygen atoms in total. The van der Waals surface area contributed by atoms with Crippen molar-refractivity contribution in [3.05, 3.63) is 148 Å². The Morgan fingerprint density at radius 3 is 2.03 bits per heavy atom. The molecule has 4 aromatic carbocycles. The minimum Gasteiger partial charge on any atom is -0.241 e. The van der Waals surface area contributed by atoms with Crippen LogP contribution in [0.2, 0.25) is 0 Å². The Morgan fingerprint density at radius 2 is 1.37 bits per heavy atom. The van der Waals surface area contributed by atoms with Gasteiger partial charge in [-0.3, -0.25) is 0 Å². The number of rotatable bonds is 11. The molecule has 0 saturated carbocycles. The third kappa shape index (κ3) is 5.58. The van der Waals surface area contributed by atoms with Gasteiger partial charge < -0.3 is 0 Å². The zero-order valence-electron chi connectivity index (χ0n) is 37.9. The highest BCUT2D eigenvalue weighted by molar-refractivity contribution is 5.98. The van der Waals surface area contributed by atoms with E-state index in [1.807, 2.05) is 0 Å². The smallest absolute Gasteiger partial charge is 0.241 e. The fraction of sp³-hybridized carbons (Fsp3) is 0.411. The first kappa shape index (κ1) is 40.3. The van der Waals surface area contributed by atoms with Crippen LogP contribution >= 0.6 is 0 Å². The van der Waals surface area contributed by atoms with E-state index < -0.39 is 5.54 Å². The van der Waals surface area contributed by atoms with Gasteiger partial charge in [0.25, 0.3) is 5.65 Å². The number of hydrogen-bond acceptors (Lipinski definition) is 1. The van der Waals surface area contributed by atoms with Crippen LogP contribution in [0.3, 0.4) is 0 Å². The van der Waals surface area contributed by atoms with Crippen LogP contribution in [0.4, 0.5) is 0 Å². The highest BCUT2D eigenvalue weighted by Crippen LogP contribution is 2.64. The van der Waals surface area contributed by atoms with Crippen molar-refractivity contribution in [1.29, 1.82) is 0 Å². The topological polar surface area (TPSA) is 30.0 Å². The van der Waals surface area contributed by atoms with Crippen molar-refractivity contribution in [2.75, 3.05) is 0 Å². The number of unbranched alkanes of at least 4 members (excludes halogenated alkanes) is 2. The first-order valence-electron chi connectivity index (χ1n) is 22.9. The maximum absolute atomic E-state index is 15.8. The largest absolute Gasteiger partial charge is 0.346 e. The molecule has 4 heteroatoms. The molecule has 60 heavy (non-hydrogen) atoms. The van der Waals surface area contributed by atoms with Crippen LogP contribution in [-0.2, 0) is 22.9 Å². The van der Waals surface area contributed by atoms with E-state index in [0.717, 1.165) is 42.4 Å². The lowest BCUT2D eigenvalue weighted by Gasteiger charge is -2.48. The van der Waals surface area contributed by atoms with Gasteiger partial charge in [0.15, 0.2) is 6.20 Å². The molecule has 3 aromatic heterocycles. The molecule has 1 aliphatic carbocycles. The average Bonchev–Trinajstić information content (AvgIpc) is 3.36. The van der Waals surface area contributed by atoms with Gasteiger partial charge >= 0.3 is 5.56 Å². The second-order valence-electron chi connectivity index (χ2n) is 19.7. The van der Waals surface area contributed by atoms with Gasteiger partial charge in [-0.15, -0.1) is 0 Å². The zero-order chi connectivity index (χ0) is 42.4. The Bertz CT molecular complexity index is 2890. The Morgan fingerprint density at radius 1 is 0.700 bits per heavy atom. The summed E-state index contributed by atoms with van der Waals surface area (Å²) in [6.45, 7) is 24.5. The molecule has 0 amide bonds. The number of aromatic nitrogens is 3. The number of benzene rings is 4. The summed E-state index contributed by atoms with van der Waals surface area (Å²) < 4.78 is 7.16. The molecular weight excluding hydrogens is 731 g/mol. The van der Waals surface area contributed by atoms with E-state index in [4.69, 9.17) is 0 Å². The van der Waals surface area contributed by atoms with Gasteiger partial charge in [-0.25, -0.2) is 4.79 Å². The van der Waals surface area contributed by atoms with E-state index in [2.05, 4.69) is 192 Å². The van der Waals surface area contributed by atoms with Gasteiger partial charge in [-0.05, 0) is 118 Å². The maximum atomic E-state index is 15.8. The van der Waals surface area contributed by atoms with Crippen LogP contribution < -0.4 is 14.5 Å². The Hall–Kier alpha value is -5.09. The second-order valence-corrected chi connectivity index (χ2v) is 19.7. The first-order valence-corrected chi connectivity index (χ1v) is 22.9. The fourth-order valence-corrected chi connectivity index (χ4v) is 12.5. The summed E-state index contributed by atoms with van der Waals surface area (Å²) in [5.41, 5.74) is 13.4. The van der Waals surface area contributed by atoms with E-state index in [9.17, 15) is 0 Å². The molecule has 0 N–H and O–H groups in total. The van der Waals surface area contributed by atoms with Gasteiger partial charge in [-0.2, -0.15) is 13.5 Å². The molecule has 7 aromatic rings. The molecular formula is C56H65N3O+2. The standard InChI is InChI=1S/C56H65N3O/c1-11-14-19-30-55(10)53(6,7)46-35-44-49(36-47(46)54(55,8)9)58-33-28-39-23-20-26-43-45(56(12-2,13-3)59(52(44)60)51(58)50(39)43)29-32-57-31-27-40(41-24-17-15-21-37(41)4)34-48(57)42-25-18-16-22-38(42)5/h15-18,20-28,31,33-36,45H,11-14,19,29-30,32H2,1-10H3/q+2. The third-order valence-electron chi connectivity index (χ3n) is 16.7. The number of fused-ring (bicyclic) bond motifs is 3. The predicted molar refractivity (Wildman–Crippen MR) is 250 cm³/mol. The summed E-state index contributed by atoms with van der Waals surface area (Å²) in [6.07, 6.45) is 12.0. The second kappa shape index (κ2) is 14.5. The molecule has 0 radical (unpaired) electrons. The Kier molecular flexibility index (Phi) is 9.77. The van der Waals surface area contributed by atoms with Crippen molar-refractivity contribution in [3.63, 3.8) is 0 Å². The van der Waals surface area contributed by atoms with Crippen molar-refractivity contribution in [2.24, 2.45) is 5.41 Å². The van der Waals surface area contributed by atoms with Crippen LogP contribution in [0.5, 0.6) is 0 Å². The monoisotopic (exact) mass is 796 g/mol. The lowest BCUT2D eigenvalue weighted by atomic mass is 9.56. The van der Waals surface area contributed by atoms with E-state index in [0.29, 0.717) is 0 Å². The van der Waals surface area contributed by atoms with Crippen molar-refractivity contribution in [2.45, 2.75) is 143 Å². The lowest BCUT2D eigenvalue weighted by molar-refractivity contribution is -0.687. The molecule has 0 saturated heterocycles. The summed E-state index contributed by atoms with van der Waals surface area (Å²) in [6, 6.07) is 36.0. The molecule has 1 aliphatic heterocycles. The summed E-state index contributed by atoms with van der Waals surface area (Å²) >= 11 is 0. The highest BCUT2D eigenvalue weighted by Gasteiger charge is 2.59. The van der Waals surface area contributed by atoms with Crippen LogP contribution in [0.1, 0.15) is 134 Å². The normalized spacial score (nSPS) is 19.7. The van der Waals surface area contributed by atoms with Gasteiger partial charge in [0.2, 0.25) is 5.69 Å². The van der Waals surface area contributed by atoms with Crippen molar-refractivity contribution in [3.8, 4) is 22.4 Å². The molecule has 2 aliphatic rings. The SMILES string of the molecule is CCCCCC1(C)C(C)(C)c2cc3c(=O)n4c5c6c(cccc6cc[n+]5c3cc2C1(C)C)C(CC[n+]1ccc(-c2ccccc2C)cc1-c1ccccc1C)C4(CC)CC. The average molecular weight is 796 g/mol. The van der Waals surface area contributed by atoms with Crippen LogP contribution in [0, 0.1) is 19.3 Å². The highest BCUT2D eigenvalue weighted by atomic mass is 16.1. The van der Waals surface area contributed by atoms with Crippen LogP contribution in [0.15, 0.2) is 114 Å². The summed E-state index contributed by atoms with van der Waals surface area (Å²) in [5, 5.41) is 3.28. The molecule has 0 fully saturated rings. The van der Waals surface area contributed by atoms with Gasteiger partial charge in [0.1, 0.15) is 23.0 Å². The fourth-order valence-electron chi connectivity index (χ4n) is 12.5. The molecule has 2 unspecified atom stereocenters. The van der Waals surface area contributed by atoms with Crippen LogP contribution in [-0.4, -0.2) is 4.57 Å². The molecule has 0 spiro atoms. The Balaban J connectivity index is 1.24.